The minimum Gasteiger partial charge on any atom is -0.491 e. The van der Waals surface area contributed by atoms with Crippen LogP contribution in [0.2, 0.25) is 0 Å². The minimum atomic E-state index is 0.278. The van der Waals surface area contributed by atoms with Crippen LogP contribution in [0.4, 0.5) is 5.13 Å². The summed E-state index contributed by atoms with van der Waals surface area (Å²) in [5, 5.41) is 4.68. The van der Waals surface area contributed by atoms with Crippen molar-refractivity contribution in [3.05, 3.63) is 40.9 Å². The number of para-hydroxylation sites is 1. The Morgan fingerprint density at radius 2 is 2.14 bits per heavy atom. The van der Waals surface area contributed by atoms with Gasteiger partial charge in [0.15, 0.2) is 5.13 Å². The lowest BCUT2D eigenvalue weighted by molar-refractivity contribution is 0.311. The van der Waals surface area contributed by atoms with Crippen molar-refractivity contribution < 1.29 is 4.74 Å². The normalized spacial score (nSPS) is 16.6. The molecule has 1 unspecified atom stereocenters. The molecule has 1 atom stereocenters. The van der Waals surface area contributed by atoms with Crippen LogP contribution in [0, 0.1) is 0 Å². The predicted molar refractivity (Wildman–Crippen MR) is 87.2 cm³/mol. The number of thiazole rings is 1. The van der Waals surface area contributed by atoms with E-state index < -0.39 is 0 Å². The average molecular weight is 303 g/mol. The molecule has 0 bridgehead atoms. The second-order valence-electron chi connectivity index (χ2n) is 5.06. The molecular weight excluding hydrogens is 282 g/mol. The Labute approximate surface area is 129 Å². The van der Waals surface area contributed by atoms with Crippen molar-refractivity contribution in [2.24, 2.45) is 0 Å². The topological polar surface area (TPSA) is 37.4 Å². The summed E-state index contributed by atoms with van der Waals surface area (Å²) in [4.78, 5) is 8.07. The molecule has 1 aliphatic rings. The van der Waals surface area contributed by atoms with E-state index >= 15 is 0 Å². The SMILES string of the molecule is CCN(CC)c1ncc(CNC2COc3ccccc32)s1. The molecule has 0 radical (unpaired) electrons. The van der Waals surface area contributed by atoms with Gasteiger partial charge in [0.05, 0.1) is 6.04 Å². The van der Waals surface area contributed by atoms with E-state index in [1.165, 1.54) is 10.4 Å². The third kappa shape index (κ3) is 3.04. The average Bonchev–Trinajstić information content (AvgIpc) is 3.13. The minimum absolute atomic E-state index is 0.278. The number of nitrogens with one attached hydrogen (secondary N) is 1. The van der Waals surface area contributed by atoms with Crippen LogP contribution in [-0.2, 0) is 6.54 Å². The van der Waals surface area contributed by atoms with E-state index in [2.05, 4.69) is 41.2 Å². The molecular formula is C16H21N3OS. The predicted octanol–water partition coefficient (Wildman–Crippen LogP) is 3.21. The Bertz CT molecular complexity index is 595. The number of fused-ring (bicyclic) bond motifs is 1. The molecule has 0 fully saturated rings. The van der Waals surface area contributed by atoms with Gasteiger partial charge in [-0.05, 0) is 19.9 Å². The number of anilines is 1. The zero-order valence-corrected chi connectivity index (χ0v) is 13.3. The first kappa shape index (κ1) is 14.4. The first-order valence-corrected chi connectivity index (χ1v) is 8.28. The van der Waals surface area contributed by atoms with Crippen LogP contribution in [-0.4, -0.2) is 24.7 Å². The fourth-order valence-electron chi connectivity index (χ4n) is 2.57. The summed E-state index contributed by atoms with van der Waals surface area (Å²) in [6.45, 7) is 7.87. The maximum atomic E-state index is 5.69. The van der Waals surface area contributed by atoms with Gasteiger partial charge in [0.1, 0.15) is 12.4 Å². The molecule has 4 nitrogen and oxygen atoms in total. The Kier molecular flexibility index (Phi) is 4.41. The lowest BCUT2D eigenvalue weighted by Gasteiger charge is -2.16. The highest BCUT2D eigenvalue weighted by Gasteiger charge is 2.23. The number of aromatic nitrogens is 1. The number of ether oxygens (including phenoxy) is 1. The third-order valence-electron chi connectivity index (χ3n) is 3.80. The van der Waals surface area contributed by atoms with Crippen molar-refractivity contribution in [3.63, 3.8) is 0 Å². The monoisotopic (exact) mass is 303 g/mol. The van der Waals surface area contributed by atoms with Crippen molar-refractivity contribution in [1.82, 2.24) is 10.3 Å². The summed E-state index contributed by atoms with van der Waals surface area (Å²) in [6.07, 6.45) is 1.98. The molecule has 0 saturated heterocycles. The summed E-state index contributed by atoms with van der Waals surface area (Å²) in [6, 6.07) is 8.52. The summed E-state index contributed by atoms with van der Waals surface area (Å²) in [5.74, 6) is 1.00. The molecule has 3 rings (SSSR count). The molecule has 0 amide bonds. The van der Waals surface area contributed by atoms with Gasteiger partial charge in [-0.3, -0.25) is 0 Å². The lowest BCUT2D eigenvalue weighted by Crippen LogP contribution is -2.21. The number of hydrogen-bond donors (Lipinski definition) is 1. The van der Waals surface area contributed by atoms with Gasteiger partial charge in [-0.15, -0.1) is 11.3 Å². The summed E-state index contributed by atoms with van der Waals surface area (Å²) in [7, 11) is 0. The smallest absolute Gasteiger partial charge is 0.185 e. The van der Waals surface area contributed by atoms with Crippen LogP contribution in [0.1, 0.15) is 30.3 Å². The fraction of sp³-hybridized carbons (Fsp3) is 0.438. The number of rotatable bonds is 6. The maximum absolute atomic E-state index is 5.69. The molecule has 0 spiro atoms. The molecule has 112 valence electrons. The van der Waals surface area contributed by atoms with E-state index in [-0.39, 0.29) is 6.04 Å². The molecule has 5 heteroatoms. The van der Waals surface area contributed by atoms with Gasteiger partial charge in [0.2, 0.25) is 0 Å². The van der Waals surface area contributed by atoms with Crippen LogP contribution < -0.4 is 15.0 Å². The molecule has 1 aliphatic heterocycles. The molecule has 1 N–H and O–H groups in total. The Balaban J connectivity index is 1.61. The molecule has 2 aromatic rings. The van der Waals surface area contributed by atoms with Crippen LogP contribution in [0.15, 0.2) is 30.5 Å². The van der Waals surface area contributed by atoms with Gasteiger partial charge in [-0.1, -0.05) is 18.2 Å². The molecule has 1 aromatic heterocycles. The van der Waals surface area contributed by atoms with Gasteiger partial charge < -0.3 is 15.0 Å². The zero-order chi connectivity index (χ0) is 14.7. The van der Waals surface area contributed by atoms with Crippen molar-refractivity contribution in [2.45, 2.75) is 26.4 Å². The Morgan fingerprint density at radius 1 is 1.33 bits per heavy atom. The highest BCUT2D eigenvalue weighted by atomic mass is 32.1. The highest BCUT2D eigenvalue weighted by molar-refractivity contribution is 7.15. The van der Waals surface area contributed by atoms with E-state index in [0.717, 1.165) is 30.5 Å². The van der Waals surface area contributed by atoms with E-state index in [4.69, 9.17) is 4.74 Å². The molecule has 1 aromatic carbocycles. The van der Waals surface area contributed by atoms with E-state index in [9.17, 15) is 0 Å². The second-order valence-corrected chi connectivity index (χ2v) is 6.16. The van der Waals surface area contributed by atoms with Crippen molar-refractivity contribution >= 4 is 16.5 Å². The summed E-state index contributed by atoms with van der Waals surface area (Å²) >= 11 is 1.77. The lowest BCUT2D eigenvalue weighted by atomic mass is 10.1. The van der Waals surface area contributed by atoms with Gasteiger partial charge in [-0.2, -0.15) is 0 Å². The zero-order valence-electron chi connectivity index (χ0n) is 12.5. The van der Waals surface area contributed by atoms with Crippen LogP contribution >= 0.6 is 11.3 Å². The van der Waals surface area contributed by atoms with E-state index in [1.54, 1.807) is 11.3 Å². The van der Waals surface area contributed by atoms with Crippen LogP contribution in [0.3, 0.4) is 0 Å². The quantitative estimate of drug-likeness (QED) is 0.889. The fourth-order valence-corrected chi connectivity index (χ4v) is 3.56. The van der Waals surface area contributed by atoms with Crippen molar-refractivity contribution in [2.75, 3.05) is 24.6 Å². The third-order valence-corrected chi connectivity index (χ3v) is 4.86. The van der Waals surface area contributed by atoms with Crippen LogP contribution in [0.5, 0.6) is 5.75 Å². The standard InChI is InChI=1S/C16H21N3OS/c1-3-19(4-2)16-18-10-12(21-16)9-17-14-11-20-15-8-6-5-7-13(14)15/h5-8,10,14,17H,3-4,9,11H2,1-2H3. The summed E-state index contributed by atoms with van der Waals surface area (Å²) < 4.78 is 5.69. The van der Waals surface area contributed by atoms with Crippen LogP contribution in [0.25, 0.3) is 0 Å². The largest absolute Gasteiger partial charge is 0.491 e. The number of benzene rings is 1. The Hall–Kier alpha value is -1.59. The molecule has 21 heavy (non-hydrogen) atoms. The van der Waals surface area contributed by atoms with Crippen molar-refractivity contribution in [3.8, 4) is 5.75 Å². The second kappa shape index (κ2) is 6.45. The maximum Gasteiger partial charge on any atom is 0.185 e. The van der Waals surface area contributed by atoms with Gasteiger partial charge in [0, 0.05) is 36.3 Å². The molecule has 2 heterocycles. The molecule has 0 aliphatic carbocycles. The highest BCUT2D eigenvalue weighted by Crippen LogP contribution is 2.32. The van der Waals surface area contributed by atoms with Crippen molar-refractivity contribution in [1.29, 1.82) is 0 Å². The van der Waals surface area contributed by atoms with Gasteiger partial charge >= 0.3 is 0 Å². The first-order valence-electron chi connectivity index (χ1n) is 7.46. The Morgan fingerprint density at radius 3 is 2.95 bits per heavy atom. The van der Waals surface area contributed by atoms with Gasteiger partial charge in [0.25, 0.3) is 0 Å². The van der Waals surface area contributed by atoms with E-state index in [1.807, 2.05) is 18.3 Å². The van der Waals surface area contributed by atoms with Gasteiger partial charge in [-0.25, -0.2) is 4.98 Å². The summed E-state index contributed by atoms with van der Waals surface area (Å²) in [5.41, 5.74) is 1.26. The number of nitrogens with zero attached hydrogens (tertiary/aromatic N) is 2. The molecule has 0 saturated carbocycles. The van der Waals surface area contributed by atoms with E-state index in [0.29, 0.717) is 6.61 Å². The number of hydrogen-bond acceptors (Lipinski definition) is 5. The first-order chi connectivity index (χ1) is 10.3.